The number of carboxylic acid groups (broad SMARTS) is 1. The molecule has 1 aromatic carbocycles. The molecule has 1 aliphatic carbocycles. The van der Waals surface area contributed by atoms with Gasteiger partial charge in [-0.2, -0.15) is 0 Å². The molecule has 0 aliphatic heterocycles. The fraction of sp³-hybridized carbons (Fsp3) is 0.296. The highest BCUT2D eigenvalue weighted by Crippen LogP contribution is 2.36. The van der Waals surface area contributed by atoms with E-state index in [2.05, 4.69) is 25.6 Å². The van der Waals surface area contributed by atoms with Crippen molar-refractivity contribution in [3.8, 4) is 0 Å². The fourth-order valence-electron chi connectivity index (χ4n) is 4.76. The second-order valence-corrected chi connectivity index (χ2v) is 9.73. The van der Waals surface area contributed by atoms with Crippen molar-refractivity contribution in [3.05, 3.63) is 82.7 Å². The Morgan fingerprint density at radius 3 is 2.76 bits per heavy atom. The van der Waals surface area contributed by atoms with Crippen LogP contribution in [-0.4, -0.2) is 36.5 Å². The van der Waals surface area contributed by atoms with E-state index in [1.165, 1.54) is 26.4 Å². The number of carboxylic acids is 1. The third kappa shape index (κ3) is 4.74. The van der Waals surface area contributed by atoms with Crippen molar-refractivity contribution in [2.24, 2.45) is 7.05 Å². The quantitative estimate of drug-likeness (QED) is 0.344. The van der Waals surface area contributed by atoms with Crippen LogP contribution in [0, 0.1) is 0 Å². The first kappa shape index (κ1) is 24.4. The molecule has 3 aromatic heterocycles. The third-order valence-electron chi connectivity index (χ3n) is 6.65. The third-order valence-corrected chi connectivity index (χ3v) is 6.65. The summed E-state index contributed by atoms with van der Waals surface area (Å²) in [6.45, 7) is 3.07. The number of carbonyl (C=O) groups excluding carboxylic acids is 1. The SMILES string of the molecule is Cn1cc(NC2CCc3cc(C(=O)O)ccc32)c2ncnc(C(=O)NCc3ccnc(C(C)(C)F)c3)c21. The summed E-state index contributed by atoms with van der Waals surface area (Å²) in [5, 5.41) is 15.7. The number of aromatic nitrogens is 4. The molecule has 3 N–H and O–H groups in total. The van der Waals surface area contributed by atoms with Gasteiger partial charge in [-0.3, -0.25) is 9.78 Å². The lowest BCUT2D eigenvalue weighted by Crippen LogP contribution is -2.25. The van der Waals surface area contributed by atoms with Gasteiger partial charge in [0.25, 0.3) is 5.91 Å². The Labute approximate surface area is 212 Å². The van der Waals surface area contributed by atoms with Crippen LogP contribution in [0.25, 0.3) is 11.0 Å². The lowest BCUT2D eigenvalue weighted by atomic mass is 10.0. The Bertz CT molecular complexity index is 1520. The molecule has 0 radical (unpaired) electrons. The van der Waals surface area contributed by atoms with Crippen molar-refractivity contribution in [1.82, 2.24) is 24.8 Å². The van der Waals surface area contributed by atoms with E-state index >= 15 is 0 Å². The standard InChI is InChI=1S/C27H27FN6O3/c1-27(2,28)21-10-15(8-9-29-21)12-30-25(35)23-24-22(31-14-32-23)20(13-34(24)3)33-19-7-5-16-11-17(26(36)37)4-6-18(16)19/h4,6,8-11,13-14,19,33H,5,7,12H2,1-3H3,(H,30,35)(H,36,37). The highest BCUT2D eigenvalue weighted by atomic mass is 19.1. The summed E-state index contributed by atoms with van der Waals surface area (Å²) in [5.74, 6) is -1.31. The molecule has 0 spiro atoms. The Kier molecular flexibility index (Phi) is 6.10. The zero-order valence-corrected chi connectivity index (χ0v) is 20.7. The Balaban J connectivity index is 1.37. The number of pyridine rings is 1. The lowest BCUT2D eigenvalue weighted by Gasteiger charge is -2.15. The predicted molar refractivity (Wildman–Crippen MR) is 136 cm³/mol. The van der Waals surface area contributed by atoms with Gasteiger partial charge >= 0.3 is 5.97 Å². The van der Waals surface area contributed by atoms with Crippen LogP contribution in [0.3, 0.4) is 0 Å². The van der Waals surface area contributed by atoms with Crippen molar-refractivity contribution >= 4 is 28.6 Å². The normalized spacial score (nSPS) is 15.0. The first-order valence-corrected chi connectivity index (χ1v) is 12.0. The van der Waals surface area contributed by atoms with Crippen molar-refractivity contribution in [3.63, 3.8) is 0 Å². The van der Waals surface area contributed by atoms with Crippen LogP contribution in [-0.2, 0) is 25.7 Å². The number of nitrogens with zero attached hydrogens (tertiary/aromatic N) is 4. The van der Waals surface area contributed by atoms with Crippen molar-refractivity contribution in [1.29, 1.82) is 0 Å². The van der Waals surface area contributed by atoms with Gasteiger partial charge in [0.05, 0.1) is 23.0 Å². The van der Waals surface area contributed by atoms with Crippen LogP contribution in [0.2, 0.25) is 0 Å². The molecule has 0 saturated heterocycles. The molecule has 1 unspecified atom stereocenters. The monoisotopic (exact) mass is 502 g/mol. The van der Waals surface area contributed by atoms with Crippen LogP contribution >= 0.6 is 0 Å². The molecule has 10 heteroatoms. The van der Waals surface area contributed by atoms with E-state index in [1.807, 2.05) is 23.9 Å². The van der Waals surface area contributed by atoms with Crippen LogP contribution in [0.15, 0.2) is 49.1 Å². The van der Waals surface area contributed by atoms with Crippen LogP contribution in [0.5, 0.6) is 0 Å². The molecule has 0 bridgehead atoms. The number of rotatable bonds is 7. The van der Waals surface area contributed by atoms with Crippen LogP contribution in [0.4, 0.5) is 10.1 Å². The van der Waals surface area contributed by atoms with E-state index in [0.29, 0.717) is 16.7 Å². The van der Waals surface area contributed by atoms with E-state index in [-0.39, 0.29) is 29.8 Å². The van der Waals surface area contributed by atoms with Gasteiger partial charge in [-0.15, -0.1) is 0 Å². The van der Waals surface area contributed by atoms with Crippen LogP contribution in [0.1, 0.15) is 69.5 Å². The first-order chi connectivity index (χ1) is 17.6. The minimum Gasteiger partial charge on any atom is -0.478 e. The number of benzene rings is 1. The molecule has 1 amide bonds. The maximum Gasteiger partial charge on any atom is 0.335 e. The van der Waals surface area contributed by atoms with Crippen molar-refractivity contribution in [2.45, 2.75) is 44.9 Å². The van der Waals surface area contributed by atoms with E-state index in [4.69, 9.17) is 0 Å². The highest BCUT2D eigenvalue weighted by Gasteiger charge is 2.26. The molecular formula is C27H27FN6O3. The summed E-state index contributed by atoms with van der Waals surface area (Å²) in [6.07, 6.45) is 6.35. The van der Waals surface area contributed by atoms with Gasteiger partial charge in [0.1, 0.15) is 23.0 Å². The summed E-state index contributed by atoms with van der Waals surface area (Å²) >= 11 is 0. The fourth-order valence-corrected chi connectivity index (χ4v) is 4.76. The zero-order valence-electron chi connectivity index (χ0n) is 20.7. The van der Waals surface area contributed by atoms with Gasteiger partial charge in [0, 0.05) is 26.0 Å². The number of halogens is 1. The Morgan fingerprint density at radius 2 is 2.00 bits per heavy atom. The van der Waals surface area contributed by atoms with Gasteiger partial charge in [0.2, 0.25) is 0 Å². The molecule has 0 fully saturated rings. The largest absolute Gasteiger partial charge is 0.478 e. The maximum absolute atomic E-state index is 14.3. The van der Waals surface area contributed by atoms with Crippen molar-refractivity contribution < 1.29 is 19.1 Å². The average molecular weight is 503 g/mol. The minimum absolute atomic E-state index is 0.00340. The van der Waals surface area contributed by atoms with Gasteiger partial charge in [-0.25, -0.2) is 19.2 Å². The Morgan fingerprint density at radius 1 is 1.19 bits per heavy atom. The second kappa shape index (κ2) is 9.27. The summed E-state index contributed by atoms with van der Waals surface area (Å²) in [6, 6.07) is 8.57. The Hall–Kier alpha value is -4.34. The van der Waals surface area contributed by atoms with Gasteiger partial charge in [-0.1, -0.05) is 6.07 Å². The second-order valence-electron chi connectivity index (χ2n) is 9.73. The van der Waals surface area contributed by atoms with Gasteiger partial charge in [-0.05, 0) is 67.6 Å². The van der Waals surface area contributed by atoms with Gasteiger partial charge < -0.3 is 20.3 Å². The van der Waals surface area contributed by atoms with Crippen molar-refractivity contribution in [2.75, 3.05) is 5.32 Å². The van der Waals surface area contributed by atoms with E-state index in [0.717, 1.165) is 35.2 Å². The topological polar surface area (TPSA) is 122 Å². The predicted octanol–water partition coefficient (Wildman–Crippen LogP) is 4.30. The molecule has 4 aromatic rings. The average Bonchev–Trinajstić information content (AvgIpc) is 3.42. The van der Waals surface area contributed by atoms with Gasteiger partial charge in [0.15, 0.2) is 5.69 Å². The summed E-state index contributed by atoms with van der Waals surface area (Å²) in [5.41, 5.74) is 4.00. The molecule has 3 heterocycles. The minimum atomic E-state index is -1.58. The van der Waals surface area contributed by atoms with Crippen LogP contribution < -0.4 is 10.6 Å². The number of aryl methyl sites for hydroxylation is 2. The number of hydrogen-bond donors (Lipinski definition) is 3. The highest BCUT2D eigenvalue weighted by molar-refractivity contribution is 6.06. The molecule has 190 valence electrons. The molecule has 9 nitrogen and oxygen atoms in total. The number of anilines is 1. The number of amides is 1. The maximum atomic E-state index is 14.3. The number of hydrogen-bond acceptors (Lipinski definition) is 6. The lowest BCUT2D eigenvalue weighted by molar-refractivity contribution is 0.0696. The molecule has 0 saturated carbocycles. The van der Waals surface area contributed by atoms with E-state index in [9.17, 15) is 19.1 Å². The summed E-state index contributed by atoms with van der Waals surface area (Å²) in [7, 11) is 1.83. The number of fused-ring (bicyclic) bond motifs is 2. The van der Waals surface area contributed by atoms with E-state index < -0.39 is 11.6 Å². The smallest absolute Gasteiger partial charge is 0.335 e. The van der Waals surface area contributed by atoms with E-state index in [1.54, 1.807) is 24.3 Å². The molecule has 1 atom stereocenters. The zero-order chi connectivity index (χ0) is 26.3. The number of carbonyl (C=O) groups is 2. The first-order valence-electron chi connectivity index (χ1n) is 12.0. The molecular weight excluding hydrogens is 475 g/mol. The molecule has 37 heavy (non-hydrogen) atoms. The summed E-state index contributed by atoms with van der Waals surface area (Å²) in [4.78, 5) is 37.2. The number of nitrogens with one attached hydrogen (secondary N) is 2. The number of alkyl halides is 1. The summed E-state index contributed by atoms with van der Waals surface area (Å²) < 4.78 is 16.1. The molecule has 1 aliphatic rings. The number of aromatic carboxylic acids is 1. The molecule has 5 rings (SSSR count).